The highest BCUT2D eigenvalue weighted by atomic mass is 19.0. The third-order valence-corrected chi connectivity index (χ3v) is 0.553. The Labute approximate surface area is 44.0 Å². The SMILES string of the molecule is C=CC[NH+](C)C.[F-]. The highest BCUT2D eigenvalue weighted by Crippen LogP contribution is 1.42. The van der Waals surface area contributed by atoms with Crippen molar-refractivity contribution in [3.05, 3.63) is 12.7 Å². The quantitative estimate of drug-likeness (QED) is 0.345. The van der Waals surface area contributed by atoms with Crippen molar-refractivity contribution in [1.29, 1.82) is 0 Å². The summed E-state index contributed by atoms with van der Waals surface area (Å²) in [6.07, 6.45) is 1.91. The Hall–Kier alpha value is -0.370. The van der Waals surface area contributed by atoms with Gasteiger partial charge in [0.25, 0.3) is 0 Å². The Morgan fingerprint density at radius 3 is 2.00 bits per heavy atom. The van der Waals surface area contributed by atoms with Gasteiger partial charge in [-0.15, -0.1) is 0 Å². The van der Waals surface area contributed by atoms with Gasteiger partial charge in [-0.25, -0.2) is 0 Å². The molecular weight excluding hydrogens is 93.1 g/mol. The Morgan fingerprint density at radius 1 is 1.57 bits per heavy atom. The number of quaternary nitrogens is 1. The average molecular weight is 105 g/mol. The van der Waals surface area contributed by atoms with E-state index in [1.54, 1.807) is 0 Å². The summed E-state index contributed by atoms with van der Waals surface area (Å²) in [5.74, 6) is 0. The number of halogens is 1. The molecule has 2 heteroatoms. The molecule has 0 saturated carbocycles. The highest BCUT2D eigenvalue weighted by Gasteiger charge is 1.79. The second kappa shape index (κ2) is 5.63. The molecule has 0 aliphatic carbocycles. The number of hydrogen-bond acceptors (Lipinski definition) is 0. The monoisotopic (exact) mass is 105 g/mol. The molecule has 1 nitrogen and oxygen atoms in total. The van der Waals surface area contributed by atoms with Gasteiger partial charge in [-0.3, -0.25) is 0 Å². The fraction of sp³-hybridized carbons (Fsp3) is 0.600. The Kier molecular flexibility index (Phi) is 7.88. The predicted octanol–water partition coefficient (Wildman–Crippen LogP) is -3.68. The topological polar surface area (TPSA) is 4.44 Å². The lowest BCUT2D eigenvalue weighted by Gasteiger charge is -1.98. The normalized spacial score (nSPS) is 7.86. The molecule has 44 valence electrons. The smallest absolute Gasteiger partial charge is 0.0951 e. The fourth-order valence-corrected chi connectivity index (χ4v) is 0.289. The molecule has 0 unspecified atom stereocenters. The van der Waals surface area contributed by atoms with E-state index in [9.17, 15) is 0 Å². The van der Waals surface area contributed by atoms with Crippen molar-refractivity contribution < 1.29 is 9.60 Å². The van der Waals surface area contributed by atoms with Crippen LogP contribution in [0.15, 0.2) is 12.7 Å². The zero-order valence-electron chi connectivity index (χ0n) is 4.87. The minimum atomic E-state index is 0. The summed E-state index contributed by atoms with van der Waals surface area (Å²) >= 11 is 0. The van der Waals surface area contributed by atoms with Crippen LogP contribution in [0.1, 0.15) is 0 Å². The van der Waals surface area contributed by atoms with Crippen molar-refractivity contribution in [1.82, 2.24) is 0 Å². The van der Waals surface area contributed by atoms with E-state index in [-0.39, 0.29) is 4.70 Å². The first-order chi connectivity index (χ1) is 2.77. The first kappa shape index (κ1) is 9.80. The van der Waals surface area contributed by atoms with Gasteiger partial charge in [0.05, 0.1) is 20.6 Å². The van der Waals surface area contributed by atoms with Gasteiger partial charge in [-0.2, -0.15) is 0 Å². The van der Waals surface area contributed by atoms with Crippen molar-refractivity contribution >= 4 is 0 Å². The van der Waals surface area contributed by atoms with E-state index < -0.39 is 0 Å². The van der Waals surface area contributed by atoms with Gasteiger partial charge in [-0.1, -0.05) is 6.58 Å². The van der Waals surface area contributed by atoms with Crippen LogP contribution in [0, 0.1) is 0 Å². The van der Waals surface area contributed by atoms with Crippen molar-refractivity contribution in [2.45, 2.75) is 0 Å². The van der Waals surface area contributed by atoms with Crippen LogP contribution in [0.2, 0.25) is 0 Å². The second-order valence-corrected chi connectivity index (χ2v) is 1.70. The molecule has 0 atom stereocenters. The van der Waals surface area contributed by atoms with Crippen molar-refractivity contribution in [3.63, 3.8) is 0 Å². The summed E-state index contributed by atoms with van der Waals surface area (Å²) in [6, 6.07) is 0. The van der Waals surface area contributed by atoms with Gasteiger partial charge in [0.2, 0.25) is 0 Å². The van der Waals surface area contributed by atoms with Gasteiger partial charge >= 0.3 is 0 Å². The van der Waals surface area contributed by atoms with Crippen LogP contribution < -0.4 is 9.60 Å². The van der Waals surface area contributed by atoms with E-state index in [0.717, 1.165) is 6.54 Å². The summed E-state index contributed by atoms with van der Waals surface area (Å²) in [5, 5.41) is 0. The molecule has 0 fully saturated rings. The highest BCUT2D eigenvalue weighted by molar-refractivity contribution is 4.61. The Morgan fingerprint density at radius 2 is 2.00 bits per heavy atom. The van der Waals surface area contributed by atoms with E-state index in [4.69, 9.17) is 0 Å². The number of nitrogens with one attached hydrogen (secondary N) is 1. The van der Waals surface area contributed by atoms with Gasteiger partial charge in [0.1, 0.15) is 0 Å². The molecule has 1 N–H and O–H groups in total. The number of likely N-dealkylation sites (N-methyl/N-ethyl adjacent to an activating group) is 1. The van der Waals surface area contributed by atoms with Gasteiger partial charge in [-0.05, 0) is 6.08 Å². The molecule has 0 aromatic heterocycles. The number of hydrogen-bond donors (Lipinski definition) is 1. The molecule has 0 radical (unpaired) electrons. The van der Waals surface area contributed by atoms with Crippen LogP contribution >= 0.6 is 0 Å². The van der Waals surface area contributed by atoms with E-state index in [1.807, 2.05) is 6.08 Å². The lowest BCUT2D eigenvalue weighted by molar-refractivity contribution is -0.851. The summed E-state index contributed by atoms with van der Waals surface area (Å²) in [4.78, 5) is 1.42. The largest absolute Gasteiger partial charge is 1.00 e. The summed E-state index contributed by atoms with van der Waals surface area (Å²) in [6.45, 7) is 4.64. The maximum absolute atomic E-state index is 3.58. The second-order valence-electron chi connectivity index (χ2n) is 1.70. The summed E-state index contributed by atoms with van der Waals surface area (Å²) < 4.78 is 0. The zero-order chi connectivity index (χ0) is 4.99. The first-order valence-electron chi connectivity index (χ1n) is 2.17. The first-order valence-corrected chi connectivity index (χ1v) is 2.17. The van der Waals surface area contributed by atoms with Crippen molar-refractivity contribution in [2.24, 2.45) is 0 Å². The van der Waals surface area contributed by atoms with Crippen LogP contribution in [0.4, 0.5) is 0 Å². The lowest BCUT2D eigenvalue weighted by atomic mass is 10.6. The van der Waals surface area contributed by atoms with Crippen LogP contribution in [0.25, 0.3) is 0 Å². The van der Waals surface area contributed by atoms with Gasteiger partial charge in [0, 0.05) is 0 Å². The standard InChI is InChI=1S/C5H11N.FH/c1-4-5-6(2)3;/h4H,1,5H2,2-3H3;1H. The van der Waals surface area contributed by atoms with Gasteiger partial charge in [0.15, 0.2) is 0 Å². The maximum atomic E-state index is 3.58. The fourth-order valence-electron chi connectivity index (χ4n) is 0.289. The van der Waals surface area contributed by atoms with Crippen LogP contribution in [0.3, 0.4) is 0 Å². The third kappa shape index (κ3) is 10.7. The summed E-state index contributed by atoms with van der Waals surface area (Å²) in [7, 11) is 4.20. The van der Waals surface area contributed by atoms with Crippen molar-refractivity contribution in [2.75, 3.05) is 20.6 Å². The predicted molar refractivity (Wildman–Crippen MR) is 27.9 cm³/mol. The third-order valence-electron chi connectivity index (χ3n) is 0.553. The minimum absolute atomic E-state index is 0. The molecule has 0 amide bonds. The van der Waals surface area contributed by atoms with Crippen LogP contribution in [-0.2, 0) is 0 Å². The molecule has 0 aliphatic rings. The lowest BCUT2D eigenvalue weighted by Crippen LogP contribution is -3.05. The van der Waals surface area contributed by atoms with Crippen LogP contribution in [-0.4, -0.2) is 20.6 Å². The summed E-state index contributed by atoms with van der Waals surface area (Å²) in [5.41, 5.74) is 0. The molecule has 0 bridgehead atoms. The molecule has 0 heterocycles. The van der Waals surface area contributed by atoms with Crippen molar-refractivity contribution in [3.8, 4) is 0 Å². The van der Waals surface area contributed by atoms with Gasteiger partial charge < -0.3 is 9.60 Å². The molecule has 0 rings (SSSR count). The Balaban J connectivity index is 0. The van der Waals surface area contributed by atoms with E-state index in [2.05, 4.69) is 20.7 Å². The molecule has 0 saturated heterocycles. The van der Waals surface area contributed by atoms with Crippen LogP contribution in [0.5, 0.6) is 0 Å². The van der Waals surface area contributed by atoms with E-state index in [1.165, 1.54) is 4.90 Å². The molecule has 0 spiro atoms. The Bertz CT molecular complexity index is 43.3. The van der Waals surface area contributed by atoms with E-state index >= 15 is 0 Å². The minimum Gasteiger partial charge on any atom is -1.00 e. The average Bonchev–Trinajstić information content (AvgIpc) is 1.35. The zero-order valence-corrected chi connectivity index (χ0v) is 4.87. The molecule has 0 aliphatic heterocycles. The molecular formula is C5H12FN. The van der Waals surface area contributed by atoms with E-state index in [0.29, 0.717) is 0 Å². The number of rotatable bonds is 2. The molecule has 0 aromatic carbocycles. The molecule has 0 aromatic rings. The maximum Gasteiger partial charge on any atom is 0.0951 e. The molecule has 7 heavy (non-hydrogen) atoms.